The van der Waals surface area contributed by atoms with Crippen molar-refractivity contribution in [1.29, 1.82) is 0 Å². The lowest BCUT2D eigenvalue weighted by atomic mass is 10.0. The molecular formula is C14H10ClFO3. The van der Waals surface area contributed by atoms with Gasteiger partial charge >= 0.3 is 5.97 Å². The van der Waals surface area contributed by atoms with Gasteiger partial charge in [-0.15, -0.1) is 0 Å². The first-order chi connectivity index (χ1) is 9.02. The maximum atomic E-state index is 14.1. The number of methoxy groups -OCH3 is 1. The number of hydrogen-bond acceptors (Lipinski definition) is 2. The molecule has 1 N–H and O–H groups in total. The summed E-state index contributed by atoms with van der Waals surface area (Å²) in [6.07, 6.45) is 0. The lowest BCUT2D eigenvalue weighted by Gasteiger charge is -2.08. The van der Waals surface area contributed by atoms with Gasteiger partial charge in [-0.2, -0.15) is 0 Å². The minimum atomic E-state index is -1.12. The van der Waals surface area contributed by atoms with Gasteiger partial charge in [0, 0.05) is 10.6 Å². The summed E-state index contributed by atoms with van der Waals surface area (Å²) in [7, 11) is 1.36. The predicted molar refractivity (Wildman–Crippen MR) is 70.4 cm³/mol. The number of hydrogen-bond donors (Lipinski definition) is 1. The van der Waals surface area contributed by atoms with Crippen molar-refractivity contribution in [2.45, 2.75) is 0 Å². The average Bonchev–Trinajstić information content (AvgIpc) is 2.38. The van der Waals surface area contributed by atoms with Gasteiger partial charge in [0.05, 0.1) is 12.7 Å². The highest BCUT2D eigenvalue weighted by atomic mass is 35.5. The lowest BCUT2D eigenvalue weighted by molar-refractivity contribution is 0.0697. The van der Waals surface area contributed by atoms with Crippen LogP contribution in [0.4, 0.5) is 4.39 Å². The number of halogens is 2. The molecule has 0 saturated carbocycles. The van der Waals surface area contributed by atoms with E-state index in [2.05, 4.69) is 0 Å². The third-order valence-corrected chi connectivity index (χ3v) is 2.86. The Hall–Kier alpha value is -2.07. The molecule has 98 valence electrons. The highest BCUT2D eigenvalue weighted by molar-refractivity contribution is 6.31. The van der Waals surface area contributed by atoms with Crippen molar-refractivity contribution < 1.29 is 19.0 Å². The van der Waals surface area contributed by atoms with Crippen molar-refractivity contribution in [2.24, 2.45) is 0 Å². The molecule has 0 bridgehead atoms. The van der Waals surface area contributed by atoms with Crippen molar-refractivity contribution in [3.63, 3.8) is 0 Å². The van der Waals surface area contributed by atoms with Crippen molar-refractivity contribution in [2.75, 3.05) is 7.11 Å². The van der Waals surface area contributed by atoms with Crippen LogP contribution in [-0.2, 0) is 0 Å². The zero-order valence-electron chi connectivity index (χ0n) is 9.98. The molecule has 0 saturated heterocycles. The second-order valence-electron chi connectivity index (χ2n) is 3.86. The van der Waals surface area contributed by atoms with Crippen LogP contribution >= 0.6 is 11.6 Å². The number of ether oxygens (including phenoxy) is 1. The summed E-state index contributed by atoms with van der Waals surface area (Å²) in [5, 5.41) is 9.21. The van der Waals surface area contributed by atoms with Gasteiger partial charge < -0.3 is 9.84 Å². The van der Waals surface area contributed by atoms with Crippen LogP contribution < -0.4 is 4.74 Å². The number of carbonyl (C=O) groups is 1. The average molecular weight is 281 g/mol. The minimum Gasteiger partial charge on any atom is -0.494 e. The summed E-state index contributed by atoms with van der Waals surface area (Å²) >= 11 is 5.85. The molecular weight excluding hydrogens is 271 g/mol. The van der Waals surface area contributed by atoms with Crippen LogP contribution in [0.1, 0.15) is 10.4 Å². The number of rotatable bonds is 3. The van der Waals surface area contributed by atoms with E-state index in [1.165, 1.54) is 37.4 Å². The number of benzene rings is 2. The summed E-state index contributed by atoms with van der Waals surface area (Å²) in [6.45, 7) is 0. The zero-order valence-corrected chi connectivity index (χ0v) is 10.7. The Kier molecular flexibility index (Phi) is 3.71. The third kappa shape index (κ3) is 2.69. The molecule has 0 spiro atoms. The number of aromatic carboxylic acids is 1. The van der Waals surface area contributed by atoms with E-state index in [0.717, 1.165) is 0 Å². The molecule has 0 atom stereocenters. The fraction of sp³-hybridized carbons (Fsp3) is 0.0714. The van der Waals surface area contributed by atoms with Gasteiger partial charge in [-0.25, -0.2) is 9.18 Å². The highest BCUT2D eigenvalue weighted by Crippen LogP contribution is 2.31. The highest BCUT2D eigenvalue weighted by Gasteiger charge is 2.13. The van der Waals surface area contributed by atoms with Gasteiger partial charge in [0.15, 0.2) is 11.6 Å². The molecule has 2 aromatic rings. The van der Waals surface area contributed by atoms with Crippen LogP contribution in [0.3, 0.4) is 0 Å². The normalized spacial score (nSPS) is 10.3. The molecule has 3 nitrogen and oxygen atoms in total. The SMILES string of the molecule is COc1cccc(-c2cc(Cl)cc(C(=O)O)c2)c1F. The Morgan fingerprint density at radius 1 is 1.32 bits per heavy atom. The quantitative estimate of drug-likeness (QED) is 0.929. The van der Waals surface area contributed by atoms with Gasteiger partial charge in [0.2, 0.25) is 0 Å². The van der Waals surface area contributed by atoms with E-state index in [1.807, 2.05) is 0 Å². The summed E-state index contributed by atoms with van der Waals surface area (Å²) in [5.74, 6) is -1.58. The first-order valence-corrected chi connectivity index (χ1v) is 5.77. The molecule has 0 aliphatic heterocycles. The van der Waals surface area contributed by atoms with Crippen molar-refractivity contribution in [3.8, 4) is 16.9 Å². The monoisotopic (exact) mass is 280 g/mol. The maximum absolute atomic E-state index is 14.1. The summed E-state index contributed by atoms with van der Waals surface area (Å²) in [6, 6.07) is 8.83. The second kappa shape index (κ2) is 5.28. The van der Waals surface area contributed by atoms with Gasteiger partial charge in [-0.3, -0.25) is 0 Å². The number of carboxylic acid groups (broad SMARTS) is 1. The fourth-order valence-corrected chi connectivity index (χ4v) is 2.00. The Bertz CT molecular complexity index is 641. The molecule has 0 amide bonds. The van der Waals surface area contributed by atoms with E-state index in [0.29, 0.717) is 5.56 Å². The zero-order chi connectivity index (χ0) is 14.0. The van der Waals surface area contributed by atoms with Crippen LogP contribution in [0.5, 0.6) is 5.75 Å². The molecule has 0 unspecified atom stereocenters. The van der Waals surface area contributed by atoms with Gasteiger partial charge in [-0.05, 0) is 29.8 Å². The van der Waals surface area contributed by atoms with Crippen molar-refractivity contribution in [1.82, 2.24) is 0 Å². The van der Waals surface area contributed by atoms with E-state index >= 15 is 0 Å². The molecule has 0 aliphatic carbocycles. The van der Waals surface area contributed by atoms with Crippen LogP contribution in [0.2, 0.25) is 5.02 Å². The van der Waals surface area contributed by atoms with E-state index in [9.17, 15) is 9.18 Å². The van der Waals surface area contributed by atoms with Crippen LogP contribution in [0, 0.1) is 5.82 Å². The van der Waals surface area contributed by atoms with Crippen LogP contribution in [0.25, 0.3) is 11.1 Å². The molecule has 2 aromatic carbocycles. The molecule has 5 heteroatoms. The van der Waals surface area contributed by atoms with Gasteiger partial charge in [0.25, 0.3) is 0 Å². The molecule has 19 heavy (non-hydrogen) atoms. The smallest absolute Gasteiger partial charge is 0.335 e. The Balaban J connectivity index is 2.62. The van der Waals surface area contributed by atoms with E-state index in [4.69, 9.17) is 21.4 Å². The number of carboxylic acids is 1. The first-order valence-electron chi connectivity index (χ1n) is 5.39. The minimum absolute atomic E-state index is 0.00437. The van der Waals surface area contributed by atoms with E-state index in [1.54, 1.807) is 6.07 Å². The summed E-state index contributed by atoms with van der Waals surface area (Å²) in [4.78, 5) is 11.0. The topological polar surface area (TPSA) is 46.5 Å². The predicted octanol–water partition coefficient (Wildman–Crippen LogP) is 3.85. The first kappa shape index (κ1) is 13.4. The van der Waals surface area contributed by atoms with Gasteiger partial charge in [-0.1, -0.05) is 23.7 Å². The molecule has 0 radical (unpaired) electrons. The molecule has 2 rings (SSSR count). The van der Waals surface area contributed by atoms with E-state index in [-0.39, 0.29) is 21.9 Å². The lowest BCUT2D eigenvalue weighted by Crippen LogP contribution is -1.97. The standard InChI is InChI=1S/C14H10ClFO3/c1-19-12-4-2-3-11(13(12)16)8-5-9(14(17)18)7-10(15)6-8/h2-7H,1H3,(H,17,18). The summed E-state index contributed by atoms with van der Waals surface area (Å²) in [5.41, 5.74) is 0.635. The molecule has 0 aliphatic rings. The third-order valence-electron chi connectivity index (χ3n) is 2.64. The largest absolute Gasteiger partial charge is 0.494 e. The van der Waals surface area contributed by atoms with E-state index < -0.39 is 11.8 Å². The Morgan fingerprint density at radius 3 is 2.68 bits per heavy atom. The van der Waals surface area contributed by atoms with Crippen LogP contribution in [-0.4, -0.2) is 18.2 Å². The Morgan fingerprint density at radius 2 is 2.05 bits per heavy atom. The maximum Gasteiger partial charge on any atom is 0.335 e. The molecule has 0 fully saturated rings. The molecule has 0 aromatic heterocycles. The van der Waals surface area contributed by atoms with Crippen molar-refractivity contribution in [3.05, 3.63) is 52.8 Å². The fourth-order valence-electron chi connectivity index (χ4n) is 1.76. The van der Waals surface area contributed by atoms with Gasteiger partial charge in [0.1, 0.15) is 0 Å². The molecule has 0 heterocycles. The second-order valence-corrected chi connectivity index (χ2v) is 4.29. The van der Waals surface area contributed by atoms with Crippen molar-refractivity contribution >= 4 is 17.6 Å². The van der Waals surface area contributed by atoms with Crippen LogP contribution in [0.15, 0.2) is 36.4 Å². The summed E-state index contributed by atoms with van der Waals surface area (Å²) < 4.78 is 19.0. The Labute approximate surface area is 114 Å².